The van der Waals surface area contributed by atoms with Crippen molar-refractivity contribution in [3.63, 3.8) is 0 Å². The van der Waals surface area contributed by atoms with E-state index in [2.05, 4.69) is 0 Å². The van der Waals surface area contributed by atoms with Crippen LogP contribution in [-0.2, 0) is 18.9 Å². The summed E-state index contributed by atoms with van der Waals surface area (Å²) >= 11 is 0. The third kappa shape index (κ3) is 8.11. The molecule has 33 heavy (non-hydrogen) atoms. The number of hydrogen-bond donors (Lipinski definition) is 0. The van der Waals surface area contributed by atoms with Crippen LogP contribution in [0.1, 0.15) is 85.3 Å². The lowest BCUT2D eigenvalue weighted by molar-refractivity contribution is 0.0418. The molecule has 1 heterocycles. The lowest BCUT2D eigenvalue weighted by atomic mass is 10.2. The first-order valence-electron chi connectivity index (χ1n) is 10.7. The molecule has 0 radical (unpaired) electrons. The van der Waals surface area contributed by atoms with Crippen LogP contribution in [-0.4, -0.2) is 52.2 Å². The minimum Gasteiger partial charge on any atom is -0.461 e. The van der Waals surface area contributed by atoms with Gasteiger partial charge in [-0.3, -0.25) is 0 Å². The number of esters is 1. The predicted octanol–water partition coefficient (Wildman–Crippen LogP) is 5.43. The fraction of sp³-hybridized carbons (Fsp3) is 0.652. The second kappa shape index (κ2) is 9.84. The van der Waals surface area contributed by atoms with E-state index in [0.717, 1.165) is 4.57 Å². The molecule has 0 unspecified atom stereocenters. The predicted molar refractivity (Wildman–Crippen MR) is 122 cm³/mol. The fourth-order valence-electron chi connectivity index (χ4n) is 2.62. The van der Waals surface area contributed by atoms with Gasteiger partial charge >= 0.3 is 24.2 Å². The quantitative estimate of drug-likeness (QED) is 0.426. The van der Waals surface area contributed by atoms with Crippen LogP contribution in [0.3, 0.4) is 0 Å². The van der Waals surface area contributed by atoms with E-state index in [9.17, 15) is 19.2 Å². The normalized spacial score (nSPS) is 12.1. The second-order valence-electron chi connectivity index (χ2n) is 10.4. The molecule has 0 atom stereocenters. The number of nitrogens with zero attached hydrogens (tertiary/aromatic N) is 2. The van der Waals surface area contributed by atoms with Gasteiger partial charge in [0.25, 0.3) is 0 Å². The third-order valence-electron chi connectivity index (χ3n) is 3.60. The van der Waals surface area contributed by atoms with Gasteiger partial charge in [-0.25, -0.2) is 23.7 Å². The highest BCUT2D eigenvalue weighted by Gasteiger charge is 2.39. The van der Waals surface area contributed by atoms with Crippen LogP contribution in [0.2, 0.25) is 0 Å². The molecule has 1 rings (SSSR count). The van der Waals surface area contributed by atoms with Crippen molar-refractivity contribution in [2.75, 3.05) is 11.5 Å². The van der Waals surface area contributed by atoms with Crippen molar-refractivity contribution >= 4 is 29.9 Å². The maximum Gasteiger partial charge on any atom is 0.424 e. The first-order chi connectivity index (χ1) is 14.8. The standard InChI is InChI=1S/C23H36N2O8/c1-12-30-17(26)16-15(14(2)13-24(16)18(27)31-21(3,4)5)25(19(28)32-22(6,7)8)20(29)33-23(9,10)11/h13H,12H2,1-11H3. The molecule has 0 aliphatic carbocycles. The Bertz CT molecular complexity index is 883. The van der Waals surface area contributed by atoms with Gasteiger partial charge in [0.15, 0.2) is 5.69 Å². The Morgan fingerprint density at radius 1 is 0.818 bits per heavy atom. The summed E-state index contributed by atoms with van der Waals surface area (Å²) < 4.78 is 22.2. The van der Waals surface area contributed by atoms with Gasteiger partial charge in [-0.15, -0.1) is 0 Å². The van der Waals surface area contributed by atoms with Crippen LogP contribution < -0.4 is 4.90 Å². The molecule has 1 aromatic heterocycles. The molecule has 2 amide bonds. The molecule has 0 aliphatic heterocycles. The highest BCUT2D eigenvalue weighted by atomic mass is 16.6. The number of amides is 2. The molecule has 0 N–H and O–H groups in total. The highest BCUT2D eigenvalue weighted by Crippen LogP contribution is 2.32. The SMILES string of the molecule is CCOC(=O)c1c(N(C(=O)OC(C)(C)C)C(=O)OC(C)(C)C)c(C)cn1C(=O)OC(C)(C)C. The van der Waals surface area contributed by atoms with E-state index in [1.54, 1.807) is 69.2 Å². The molecule has 0 saturated heterocycles. The van der Waals surface area contributed by atoms with Gasteiger partial charge in [-0.05, 0) is 81.7 Å². The number of anilines is 1. The molecule has 186 valence electrons. The number of ether oxygens (including phenoxy) is 4. The Morgan fingerprint density at radius 3 is 1.61 bits per heavy atom. The number of hydrogen-bond acceptors (Lipinski definition) is 8. The van der Waals surface area contributed by atoms with Crippen LogP contribution in [0.25, 0.3) is 0 Å². The molecule has 10 nitrogen and oxygen atoms in total. The third-order valence-corrected chi connectivity index (χ3v) is 3.60. The highest BCUT2D eigenvalue weighted by molar-refractivity contribution is 6.14. The molecule has 0 fully saturated rings. The van der Waals surface area contributed by atoms with Gasteiger partial charge in [-0.1, -0.05) is 0 Å². The lowest BCUT2D eigenvalue weighted by Crippen LogP contribution is -2.44. The molecule has 0 bridgehead atoms. The summed E-state index contributed by atoms with van der Waals surface area (Å²) in [6.45, 7) is 17.9. The number of carbonyl (C=O) groups excluding carboxylic acids is 4. The summed E-state index contributed by atoms with van der Waals surface area (Å²) in [5, 5.41) is 0. The van der Waals surface area contributed by atoms with E-state index in [1.165, 1.54) is 13.1 Å². The summed E-state index contributed by atoms with van der Waals surface area (Å²) in [4.78, 5) is 52.6. The summed E-state index contributed by atoms with van der Waals surface area (Å²) in [6.07, 6.45) is -1.75. The van der Waals surface area contributed by atoms with Crippen molar-refractivity contribution in [1.82, 2.24) is 4.57 Å². The molecule has 0 saturated carbocycles. The van der Waals surface area contributed by atoms with Crippen molar-refractivity contribution in [3.05, 3.63) is 17.5 Å². The van der Waals surface area contributed by atoms with Crippen molar-refractivity contribution in [2.24, 2.45) is 0 Å². The van der Waals surface area contributed by atoms with E-state index in [1.807, 2.05) is 0 Å². The number of carbonyl (C=O) groups is 4. The summed E-state index contributed by atoms with van der Waals surface area (Å²) in [5.74, 6) is -0.927. The minimum atomic E-state index is -1.08. The summed E-state index contributed by atoms with van der Waals surface area (Å²) in [7, 11) is 0. The van der Waals surface area contributed by atoms with E-state index in [4.69, 9.17) is 18.9 Å². The largest absolute Gasteiger partial charge is 0.461 e. The Hall–Kier alpha value is -3.04. The molecule has 10 heteroatoms. The number of rotatable bonds is 3. The Morgan fingerprint density at radius 2 is 1.24 bits per heavy atom. The van der Waals surface area contributed by atoms with E-state index in [-0.39, 0.29) is 23.6 Å². The number of aromatic nitrogens is 1. The number of aryl methyl sites for hydroxylation is 1. The van der Waals surface area contributed by atoms with Crippen LogP contribution in [0.4, 0.5) is 20.1 Å². The zero-order valence-electron chi connectivity index (χ0n) is 21.4. The smallest absolute Gasteiger partial charge is 0.424 e. The van der Waals surface area contributed by atoms with Crippen LogP contribution >= 0.6 is 0 Å². The fourth-order valence-corrected chi connectivity index (χ4v) is 2.62. The first-order valence-corrected chi connectivity index (χ1v) is 10.7. The van der Waals surface area contributed by atoms with Gasteiger partial charge in [0.2, 0.25) is 0 Å². The molecule has 0 aliphatic rings. The van der Waals surface area contributed by atoms with E-state index < -0.39 is 41.1 Å². The monoisotopic (exact) mass is 468 g/mol. The zero-order chi connectivity index (χ0) is 25.9. The lowest BCUT2D eigenvalue weighted by Gasteiger charge is -2.29. The van der Waals surface area contributed by atoms with Crippen LogP contribution in [0.15, 0.2) is 6.20 Å². The van der Waals surface area contributed by atoms with Crippen LogP contribution in [0, 0.1) is 6.92 Å². The average Bonchev–Trinajstić information content (AvgIpc) is 2.88. The van der Waals surface area contributed by atoms with Crippen molar-refractivity contribution in [1.29, 1.82) is 0 Å². The van der Waals surface area contributed by atoms with Gasteiger partial charge in [0.05, 0.1) is 12.3 Å². The Kier molecular flexibility index (Phi) is 8.35. The average molecular weight is 469 g/mol. The Balaban J connectivity index is 3.80. The van der Waals surface area contributed by atoms with Gasteiger partial charge in [-0.2, -0.15) is 4.90 Å². The van der Waals surface area contributed by atoms with Crippen LogP contribution in [0.5, 0.6) is 0 Å². The van der Waals surface area contributed by atoms with Crippen molar-refractivity contribution in [2.45, 2.75) is 93.0 Å². The zero-order valence-corrected chi connectivity index (χ0v) is 21.4. The van der Waals surface area contributed by atoms with E-state index >= 15 is 0 Å². The molecular formula is C23H36N2O8. The minimum absolute atomic E-state index is 0.00427. The maximum atomic E-state index is 13.1. The van der Waals surface area contributed by atoms with Gasteiger partial charge in [0, 0.05) is 6.20 Å². The Labute approximate surface area is 195 Å². The van der Waals surface area contributed by atoms with Gasteiger partial charge in [0.1, 0.15) is 16.8 Å². The number of imide groups is 1. The first kappa shape index (κ1) is 28.0. The van der Waals surface area contributed by atoms with E-state index in [0.29, 0.717) is 4.90 Å². The van der Waals surface area contributed by atoms with Crippen molar-refractivity contribution in [3.8, 4) is 0 Å². The van der Waals surface area contributed by atoms with Gasteiger partial charge < -0.3 is 18.9 Å². The second-order valence-corrected chi connectivity index (χ2v) is 10.4. The topological polar surface area (TPSA) is 113 Å². The summed E-state index contributed by atoms with van der Waals surface area (Å²) in [5.41, 5.74) is -3.08. The van der Waals surface area contributed by atoms with Crippen molar-refractivity contribution < 1.29 is 38.1 Å². The molecular weight excluding hydrogens is 432 g/mol. The maximum absolute atomic E-state index is 13.1. The molecule has 1 aromatic rings. The molecule has 0 spiro atoms. The molecule has 0 aromatic carbocycles. The summed E-state index contributed by atoms with van der Waals surface area (Å²) in [6, 6.07) is 0.